The van der Waals surface area contributed by atoms with Gasteiger partial charge >= 0.3 is 0 Å². The number of imidazole rings is 1. The average Bonchev–Trinajstić information content (AvgIpc) is 3.19. The van der Waals surface area contributed by atoms with E-state index in [1.165, 1.54) is 0 Å². The number of hydrogen-bond acceptors (Lipinski definition) is 3. The van der Waals surface area contributed by atoms with E-state index in [9.17, 15) is 4.79 Å². The van der Waals surface area contributed by atoms with Crippen LogP contribution in [-0.2, 0) is 11.4 Å². The summed E-state index contributed by atoms with van der Waals surface area (Å²) in [6.07, 6.45) is 5.25. The third-order valence-corrected chi connectivity index (χ3v) is 5.00. The van der Waals surface area contributed by atoms with E-state index in [4.69, 9.17) is 4.74 Å². The molecule has 1 fully saturated rings. The SMILES string of the molecule is CN1C[C@H](n2ccnc2-c2cccc(OCc3ccccc3)c2)CCC1=O. The molecule has 0 spiro atoms. The molecule has 1 saturated heterocycles. The summed E-state index contributed by atoms with van der Waals surface area (Å²) in [5, 5.41) is 0. The minimum atomic E-state index is 0.212. The number of benzene rings is 2. The van der Waals surface area contributed by atoms with Gasteiger partial charge in [-0.3, -0.25) is 4.79 Å². The lowest BCUT2D eigenvalue weighted by Gasteiger charge is -2.31. The fraction of sp³-hybridized carbons (Fsp3) is 0.273. The topological polar surface area (TPSA) is 47.4 Å². The van der Waals surface area contributed by atoms with Crippen LogP contribution in [0, 0.1) is 0 Å². The van der Waals surface area contributed by atoms with Crippen LogP contribution in [0.2, 0.25) is 0 Å². The first-order chi connectivity index (χ1) is 13.2. The van der Waals surface area contributed by atoms with Gasteiger partial charge in [-0.05, 0) is 24.1 Å². The second kappa shape index (κ2) is 7.66. The van der Waals surface area contributed by atoms with Gasteiger partial charge in [0.15, 0.2) is 0 Å². The van der Waals surface area contributed by atoms with Crippen molar-refractivity contribution in [1.82, 2.24) is 14.5 Å². The summed E-state index contributed by atoms with van der Waals surface area (Å²) in [6, 6.07) is 18.4. The Morgan fingerprint density at radius 3 is 2.81 bits per heavy atom. The van der Waals surface area contributed by atoms with Crippen molar-refractivity contribution in [2.75, 3.05) is 13.6 Å². The minimum absolute atomic E-state index is 0.212. The van der Waals surface area contributed by atoms with Crippen molar-refractivity contribution in [3.8, 4) is 17.1 Å². The lowest BCUT2D eigenvalue weighted by molar-refractivity contribution is -0.132. The smallest absolute Gasteiger partial charge is 0.222 e. The Labute approximate surface area is 159 Å². The molecule has 5 nitrogen and oxygen atoms in total. The molecular weight excluding hydrogens is 338 g/mol. The highest BCUT2D eigenvalue weighted by molar-refractivity contribution is 5.76. The first-order valence-electron chi connectivity index (χ1n) is 9.24. The van der Waals surface area contributed by atoms with Crippen LogP contribution in [0.5, 0.6) is 5.75 Å². The molecule has 2 heterocycles. The molecule has 138 valence electrons. The fourth-order valence-corrected chi connectivity index (χ4v) is 3.51. The van der Waals surface area contributed by atoms with Crippen LogP contribution < -0.4 is 4.74 Å². The number of carbonyl (C=O) groups is 1. The summed E-state index contributed by atoms with van der Waals surface area (Å²) < 4.78 is 8.14. The summed E-state index contributed by atoms with van der Waals surface area (Å²) in [6.45, 7) is 1.25. The van der Waals surface area contributed by atoms with Crippen LogP contribution in [0.3, 0.4) is 0 Å². The third kappa shape index (κ3) is 3.87. The van der Waals surface area contributed by atoms with E-state index < -0.39 is 0 Å². The zero-order chi connectivity index (χ0) is 18.6. The van der Waals surface area contributed by atoms with Crippen LogP contribution in [-0.4, -0.2) is 34.0 Å². The van der Waals surface area contributed by atoms with Gasteiger partial charge in [0, 0.05) is 38.0 Å². The van der Waals surface area contributed by atoms with E-state index in [2.05, 4.69) is 21.7 Å². The quantitative estimate of drug-likeness (QED) is 0.692. The Kier molecular flexibility index (Phi) is 4.92. The number of amides is 1. The summed E-state index contributed by atoms with van der Waals surface area (Å²) in [7, 11) is 1.86. The lowest BCUT2D eigenvalue weighted by atomic mass is 10.0. The molecule has 2 aromatic carbocycles. The van der Waals surface area contributed by atoms with Gasteiger partial charge in [-0.25, -0.2) is 4.98 Å². The van der Waals surface area contributed by atoms with Crippen molar-refractivity contribution in [2.45, 2.75) is 25.5 Å². The van der Waals surface area contributed by atoms with Crippen molar-refractivity contribution in [2.24, 2.45) is 0 Å². The highest BCUT2D eigenvalue weighted by atomic mass is 16.5. The maximum Gasteiger partial charge on any atom is 0.222 e. The molecule has 1 aliphatic rings. The van der Waals surface area contributed by atoms with E-state index in [-0.39, 0.29) is 11.9 Å². The predicted octanol–water partition coefficient (Wildman–Crippen LogP) is 3.92. The summed E-state index contributed by atoms with van der Waals surface area (Å²) in [5.41, 5.74) is 2.16. The molecule has 0 unspecified atom stereocenters. The number of rotatable bonds is 5. The molecule has 27 heavy (non-hydrogen) atoms. The maximum atomic E-state index is 11.8. The van der Waals surface area contributed by atoms with Crippen molar-refractivity contribution in [1.29, 1.82) is 0 Å². The number of hydrogen-bond donors (Lipinski definition) is 0. The molecule has 0 N–H and O–H groups in total. The normalized spacial score (nSPS) is 17.1. The van der Waals surface area contributed by atoms with Crippen molar-refractivity contribution < 1.29 is 9.53 Å². The molecule has 1 atom stereocenters. The van der Waals surface area contributed by atoms with Crippen molar-refractivity contribution in [3.05, 3.63) is 72.6 Å². The second-order valence-corrected chi connectivity index (χ2v) is 6.93. The number of likely N-dealkylation sites (N-methyl/N-ethyl adjacent to an activating group) is 1. The molecule has 1 aromatic heterocycles. The van der Waals surface area contributed by atoms with Gasteiger partial charge in [0.05, 0.1) is 6.04 Å². The van der Waals surface area contributed by atoms with Gasteiger partial charge in [-0.1, -0.05) is 42.5 Å². The number of likely N-dealkylation sites (tertiary alicyclic amines) is 1. The Balaban J connectivity index is 1.53. The first kappa shape index (κ1) is 17.3. The van der Waals surface area contributed by atoms with Crippen molar-refractivity contribution >= 4 is 5.91 Å². The van der Waals surface area contributed by atoms with Gasteiger partial charge in [0.25, 0.3) is 0 Å². The number of aromatic nitrogens is 2. The lowest BCUT2D eigenvalue weighted by Crippen LogP contribution is -2.37. The van der Waals surface area contributed by atoms with E-state index in [0.717, 1.165) is 29.1 Å². The maximum absolute atomic E-state index is 11.8. The molecule has 0 aliphatic carbocycles. The molecule has 4 rings (SSSR count). The molecule has 0 bridgehead atoms. The van der Waals surface area contributed by atoms with Crippen LogP contribution in [0.25, 0.3) is 11.4 Å². The summed E-state index contributed by atoms with van der Waals surface area (Å²) >= 11 is 0. The Hall–Kier alpha value is -3.08. The van der Waals surface area contributed by atoms with Crippen LogP contribution >= 0.6 is 0 Å². The molecule has 1 aliphatic heterocycles. The van der Waals surface area contributed by atoms with Gasteiger partial charge in [-0.15, -0.1) is 0 Å². The first-order valence-corrected chi connectivity index (χ1v) is 9.24. The Bertz CT molecular complexity index is 920. The standard InChI is InChI=1S/C22H23N3O2/c1-24-15-19(10-11-21(24)26)25-13-12-23-22(25)18-8-5-9-20(14-18)27-16-17-6-3-2-4-7-17/h2-9,12-14,19H,10-11,15-16H2,1H3/t19-/m1/s1. The highest BCUT2D eigenvalue weighted by Gasteiger charge is 2.25. The Morgan fingerprint density at radius 2 is 2.00 bits per heavy atom. The predicted molar refractivity (Wildman–Crippen MR) is 104 cm³/mol. The average molecular weight is 361 g/mol. The molecule has 0 saturated carbocycles. The summed E-state index contributed by atoms with van der Waals surface area (Å²) in [5.74, 6) is 1.94. The number of piperidine rings is 1. The van der Waals surface area contributed by atoms with E-state index in [1.54, 1.807) is 4.90 Å². The van der Waals surface area contributed by atoms with Crippen LogP contribution in [0.15, 0.2) is 67.0 Å². The zero-order valence-corrected chi connectivity index (χ0v) is 15.4. The van der Waals surface area contributed by atoms with Crippen LogP contribution in [0.4, 0.5) is 0 Å². The second-order valence-electron chi connectivity index (χ2n) is 6.93. The van der Waals surface area contributed by atoms with Gasteiger partial charge in [-0.2, -0.15) is 0 Å². The molecule has 3 aromatic rings. The van der Waals surface area contributed by atoms with Gasteiger partial charge in [0.2, 0.25) is 5.91 Å². The zero-order valence-electron chi connectivity index (χ0n) is 15.4. The third-order valence-electron chi connectivity index (χ3n) is 5.00. The van der Waals surface area contributed by atoms with E-state index in [0.29, 0.717) is 19.6 Å². The number of carbonyl (C=O) groups excluding carboxylic acids is 1. The molecule has 5 heteroatoms. The Morgan fingerprint density at radius 1 is 1.15 bits per heavy atom. The van der Waals surface area contributed by atoms with E-state index >= 15 is 0 Å². The van der Waals surface area contributed by atoms with Crippen molar-refractivity contribution in [3.63, 3.8) is 0 Å². The molecule has 0 radical (unpaired) electrons. The number of ether oxygens (including phenoxy) is 1. The monoisotopic (exact) mass is 361 g/mol. The summed E-state index contributed by atoms with van der Waals surface area (Å²) in [4.78, 5) is 18.2. The number of nitrogens with zero attached hydrogens (tertiary/aromatic N) is 3. The minimum Gasteiger partial charge on any atom is -0.489 e. The van der Waals surface area contributed by atoms with E-state index in [1.807, 2.05) is 61.9 Å². The largest absolute Gasteiger partial charge is 0.489 e. The van der Waals surface area contributed by atoms with Gasteiger partial charge in [0.1, 0.15) is 18.2 Å². The molecule has 1 amide bonds. The fourth-order valence-electron chi connectivity index (χ4n) is 3.51. The highest BCUT2D eigenvalue weighted by Crippen LogP contribution is 2.29. The molecular formula is C22H23N3O2. The van der Waals surface area contributed by atoms with Gasteiger partial charge < -0.3 is 14.2 Å². The van der Waals surface area contributed by atoms with Crippen LogP contribution in [0.1, 0.15) is 24.4 Å².